The Balaban J connectivity index is 1.78. The number of carbonyl (C=O) groups is 3. The van der Waals surface area contributed by atoms with Gasteiger partial charge < -0.3 is 14.8 Å². The number of ketones is 1. The molecule has 2 aromatic rings. The van der Waals surface area contributed by atoms with Crippen LogP contribution >= 0.6 is 0 Å². The highest BCUT2D eigenvalue weighted by Crippen LogP contribution is 2.12. The van der Waals surface area contributed by atoms with Crippen LogP contribution in [0.25, 0.3) is 0 Å². The molecule has 2 aromatic carbocycles. The van der Waals surface area contributed by atoms with Crippen molar-refractivity contribution >= 4 is 23.3 Å². The van der Waals surface area contributed by atoms with Crippen LogP contribution in [-0.4, -0.2) is 30.9 Å². The molecule has 6 heteroatoms. The number of nitrogens with one attached hydrogen (secondary N) is 1. The molecule has 0 aromatic heterocycles. The largest absolute Gasteiger partial charge is 0.482 e. The van der Waals surface area contributed by atoms with Crippen LogP contribution in [0.15, 0.2) is 48.5 Å². The molecule has 0 atom stereocenters. The molecule has 6 nitrogen and oxygen atoms in total. The number of amides is 1. The van der Waals surface area contributed by atoms with Crippen molar-refractivity contribution in [3.8, 4) is 5.75 Å². The molecule has 0 radical (unpaired) electrons. The molecule has 0 saturated heterocycles. The van der Waals surface area contributed by atoms with Crippen LogP contribution in [0.1, 0.15) is 22.8 Å². The van der Waals surface area contributed by atoms with E-state index < -0.39 is 5.97 Å². The van der Waals surface area contributed by atoms with Gasteiger partial charge in [0.25, 0.3) is 0 Å². The average molecular weight is 341 g/mol. The summed E-state index contributed by atoms with van der Waals surface area (Å²) < 4.78 is 10.2. The van der Waals surface area contributed by atoms with E-state index in [1.807, 2.05) is 19.1 Å². The number of esters is 1. The summed E-state index contributed by atoms with van der Waals surface area (Å²) in [5.74, 6) is -0.582. The summed E-state index contributed by atoms with van der Waals surface area (Å²) in [7, 11) is 0. The number of rotatable bonds is 7. The Morgan fingerprint density at radius 3 is 2.36 bits per heavy atom. The molecule has 0 unspecified atom stereocenters. The zero-order valence-corrected chi connectivity index (χ0v) is 14.1. The first-order valence-corrected chi connectivity index (χ1v) is 7.70. The molecule has 130 valence electrons. The average Bonchev–Trinajstić information content (AvgIpc) is 2.58. The van der Waals surface area contributed by atoms with Crippen LogP contribution in [0.2, 0.25) is 0 Å². The lowest BCUT2D eigenvalue weighted by molar-refractivity contribution is -0.144. The van der Waals surface area contributed by atoms with Gasteiger partial charge in [0.15, 0.2) is 19.0 Å². The monoisotopic (exact) mass is 341 g/mol. The van der Waals surface area contributed by atoms with E-state index in [9.17, 15) is 14.4 Å². The van der Waals surface area contributed by atoms with Crippen molar-refractivity contribution in [1.82, 2.24) is 0 Å². The van der Waals surface area contributed by atoms with Gasteiger partial charge in [-0.1, -0.05) is 12.1 Å². The molecular formula is C19H19NO5. The third-order valence-electron chi connectivity index (χ3n) is 3.24. The molecule has 0 bridgehead atoms. The van der Waals surface area contributed by atoms with E-state index in [1.165, 1.54) is 6.92 Å². The molecule has 1 amide bonds. The quantitative estimate of drug-likeness (QED) is 0.618. The highest BCUT2D eigenvalue weighted by atomic mass is 16.6. The van der Waals surface area contributed by atoms with Gasteiger partial charge >= 0.3 is 5.97 Å². The number of aryl methyl sites for hydroxylation is 1. The highest BCUT2D eigenvalue weighted by Gasteiger charge is 2.11. The maximum absolute atomic E-state index is 12.0. The molecule has 0 saturated carbocycles. The first-order valence-electron chi connectivity index (χ1n) is 7.70. The summed E-state index contributed by atoms with van der Waals surface area (Å²) in [5.41, 5.74) is 2.00. The van der Waals surface area contributed by atoms with E-state index in [4.69, 9.17) is 9.47 Å². The number of benzene rings is 2. The van der Waals surface area contributed by atoms with Crippen molar-refractivity contribution in [3.63, 3.8) is 0 Å². The van der Waals surface area contributed by atoms with Crippen LogP contribution in [0, 0.1) is 6.92 Å². The van der Waals surface area contributed by atoms with E-state index in [0.29, 0.717) is 17.0 Å². The zero-order valence-electron chi connectivity index (χ0n) is 14.1. The third kappa shape index (κ3) is 6.10. The molecule has 0 aliphatic heterocycles. The minimum atomic E-state index is -0.621. The van der Waals surface area contributed by atoms with Gasteiger partial charge in [-0.3, -0.25) is 9.59 Å². The van der Waals surface area contributed by atoms with Crippen molar-refractivity contribution in [3.05, 3.63) is 59.7 Å². The van der Waals surface area contributed by atoms with Crippen molar-refractivity contribution < 1.29 is 23.9 Å². The third-order valence-corrected chi connectivity index (χ3v) is 3.24. The Labute approximate surface area is 145 Å². The van der Waals surface area contributed by atoms with E-state index in [-0.39, 0.29) is 24.9 Å². The molecule has 2 rings (SSSR count). The summed E-state index contributed by atoms with van der Waals surface area (Å²) in [6, 6.07) is 13.6. The maximum Gasteiger partial charge on any atom is 0.344 e. The van der Waals surface area contributed by atoms with Crippen LogP contribution < -0.4 is 10.1 Å². The fraction of sp³-hybridized carbons (Fsp3) is 0.211. The fourth-order valence-electron chi connectivity index (χ4n) is 2.06. The normalized spacial score (nSPS) is 10.0. The standard InChI is InChI=1S/C19H19NO5/c1-13-4-3-5-17(10-13)24-12-19(23)25-11-18(22)15-6-8-16(9-7-15)20-14(2)21/h3-10H,11-12H2,1-2H3,(H,20,21). The second-order valence-electron chi connectivity index (χ2n) is 5.45. The summed E-state index contributed by atoms with van der Waals surface area (Å²) in [6.07, 6.45) is 0. The van der Waals surface area contributed by atoms with Crippen LogP contribution in [0.3, 0.4) is 0 Å². The van der Waals surface area contributed by atoms with Gasteiger partial charge in [-0.2, -0.15) is 0 Å². The minimum absolute atomic E-state index is 0.193. The van der Waals surface area contributed by atoms with Crippen molar-refractivity contribution in [1.29, 1.82) is 0 Å². The first-order chi connectivity index (χ1) is 11.9. The predicted octanol–water partition coefficient (Wildman–Crippen LogP) is 2.76. The minimum Gasteiger partial charge on any atom is -0.482 e. The van der Waals surface area contributed by atoms with Gasteiger partial charge in [0, 0.05) is 18.2 Å². The van der Waals surface area contributed by atoms with E-state index in [2.05, 4.69) is 5.32 Å². The second kappa shape index (κ2) is 8.63. The molecular weight excluding hydrogens is 322 g/mol. The lowest BCUT2D eigenvalue weighted by atomic mass is 10.1. The van der Waals surface area contributed by atoms with Gasteiger partial charge in [0.2, 0.25) is 5.91 Å². The SMILES string of the molecule is CC(=O)Nc1ccc(C(=O)COC(=O)COc2cccc(C)c2)cc1. The Bertz CT molecular complexity index is 768. The summed E-state index contributed by atoms with van der Waals surface area (Å²) >= 11 is 0. The van der Waals surface area contributed by atoms with Crippen LogP contribution in [0.5, 0.6) is 5.75 Å². The summed E-state index contributed by atoms with van der Waals surface area (Å²) in [5, 5.41) is 2.61. The van der Waals surface area contributed by atoms with E-state index in [1.54, 1.807) is 36.4 Å². The molecule has 1 N–H and O–H groups in total. The lowest BCUT2D eigenvalue weighted by Gasteiger charge is -2.08. The molecule has 0 aliphatic carbocycles. The molecule has 0 heterocycles. The Morgan fingerprint density at radius 1 is 1.00 bits per heavy atom. The Morgan fingerprint density at radius 2 is 1.72 bits per heavy atom. The topological polar surface area (TPSA) is 81.7 Å². The van der Waals surface area contributed by atoms with Crippen LogP contribution in [0.4, 0.5) is 5.69 Å². The zero-order chi connectivity index (χ0) is 18.2. The van der Waals surface area contributed by atoms with Crippen molar-refractivity contribution in [2.45, 2.75) is 13.8 Å². The number of Topliss-reactive ketones (excluding diaryl/α,β-unsaturated/α-hetero) is 1. The first kappa shape index (κ1) is 18.2. The number of hydrogen-bond donors (Lipinski definition) is 1. The number of anilines is 1. The van der Waals surface area contributed by atoms with Crippen LogP contribution in [-0.2, 0) is 14.3 Å². The van der Waals surface area contributed by atoms with Gasteiger partial charge in [-0.25, -0.2) is 4.79 Å². The van der Waals surface area contributed by atoms with Crippen molar-refractivity contribution in [2.24, 2.45) is 0 Å². The predicted molar refractivity (Wildman–Crippen MR) is 92.7 cm³/mol. The fourth-order valence-corrected chi connectivity index (χ4v) is 2.06. The van der Waals surface area contributed by atoms with Gasteiger partial charge in [-0.05, 0) is 48.9 Å². The lowest BCUT2D eigenvalue weighted by Crippen LogP contribution is -2.19. The number of carbonyl (C=O) groups excluding carboxylic acids is 3. The Kier molecular flexibility index (Phi) is 6.28. The van der Waals surface area contributed by atoms with Gasteiger partial charge in [-0.15, -0.1) is 0 Å². The highest BCUT2D eigenvalue weighted by molar-refractivity contribution is 5.98. The second-order valence-corrected chi connectivity index (χ2v) is 5.45. The smallest absolute Gasteiger partial charge is 0.344 e. The Hall–Kier alpha value is -3.15. The van der Waals surface area contributed by atoms with Gasteiger partial charge in [0.05, 0.1) is 0 Å². The molecule has 0 spiro atoms. The summed E-state index contributed by atoms with van der Waals surface area (Å²) in [6.45, 7) is 2.69. The number of ether oxygens (including phenoxy) is 2. The summed E-state index contributed by atoms with van der Waals surface area (Å²) in [4.78, 5) is 34.6. The molecule has 0 aliphatic rings. The van der Waals surface area contributed by atoms with E-state index >= 15 is 0 Å². The van der Waals surface area contributed by atoms with Crippen molar-refractivity contribution in [2.75, 3.05) is 18.5 Å². The molecule has 0 fully saturated rings. The number of hydrogen-bond acceptors (Lipinski definition) is 5. The maximum atomic E-state index is 12.0. The van der Waals surface area contributed by atoms with Gasteiger partial charge in [0.1, 0.15) is 5.75 Å². The van der Waals surface area contributed by atoms with E-state index in [0.717, 1.165) is 5.56 Å². The molecule has 25 heavy (non-hydrogen) atoms.